The van der Waals surface area contributed by atoms with E-state index >= 15 is 0 Å². The Labute approximate surface area is 94.1 Å². The molecule has 0 saturated carbocycles. The van der Waals surface area contributed by atoms with Gasteiger partial charge in [0.05, 0.1) is 0 Å². The molecule has 2 aliphatic carbocycles. The van der Waals surface area contributed by atoms with Crippen LogP contribution in [0, 0.1) is 0 Å². The number of benzene rings is 1. The summed E-state index contributed by atoms with van der Waals surface area (Å²) in [5.41, 5.74) is 4.14. The van der Waals surface area contributed by atoms with Crippen LogP contribution >= 0.6 is 0 Å². The molecule has 0 heterocycles. The predicted octanol–water partition coefficient (Wildman–Crippen LogP) is 3.08. The van der Waals surface area contributed by atoms with E-state index in [0.717, 1.165) is 22.3 Å². The molecule has 0 amide bonds. The lowest BCUT2D eigenvalue weighted by atomic mass is 9.92. The van der Waals surface area contributed by atoms with Crippen LogP contribution in [-0.4, -0.2) is 5.78 Å². The van der Waals surface area contributed by atoms with E-state index in [9.17, 15) is 4.79 Å². The molecule has 0 spiro atoms. The van der Waals surface area contributed by atoms with Crippen LogP contribution in [0.2, 0.25) is 0 Å². The molecule has 1 nitrogen and oxygen atoms in total. The molecule has 76 valence electrons. The molecule has 0 aliphatic heterocycles. The van der Waals surface area contributed by atoms with Crippen molar-refractivity contribution in [2.45, 2.75) is 0 Å². The summed E-state index contributed by atoms with van der Waals surface area (Å²) in [6, 6.07) is 10.1. The maximum atomic E-state index is 11.6. The zero-order valence-corrected chi connectivity index (χ0v) is 8.68. The van der Waals surface area contributed by atoms with E-state index in [1.165, 1.54) is 0 Å². The van der Waals surface area contributed by atoms with Crippen molar-refractivity contribution in [3.63, 3.8) is 0 Å². The van der Waals surface area contributed by atoms with E-state index in [0.29, 0.717) is 0 Å². The summed E-state index contributed by atoms with van der Waals surface area (Å²) in [5, 5.41) is 0. The van der Waals surface area contributed by atoms with Crippen LogP contribution in [0.4, 0.5) is 0 Å². The third kappa shape index (κ3) is 1.29. The Morgan fingerprint density at radius 1 is 0.750 bits per heavy atom. The van der Waals surface area contributed by atoms with Gasteiger partial charge in [0.25, 0.3) is 0 Å². The first-order valence-electron chi connectivity index (χ1n) is 5.27. The summed E-state index contributed by atoms with van der Waals surface area (Å²) in [6.07, 6.45) is 9.34. The standard InChI is InChI=1S/C15H10O/c16-15-8-4-7-13-12(9-10-14(13)15)11-5-2-1-3-6-11/h1-10H. The Bertz CT molecular complexity index is 569. The van der Waals surface area contributed by atoms with E-state index < -0.39 is 0 Å². The van der Waals surface area contributed by atoms with Crippen LogP contribution in [0.15, 0.2) is 71.9 Å². The van der Waals surface area contributed by atoms with Gasteiger partial charge in [0.1, 0.15) is 0 Å². The molecular formula is C15H10O. The number of carbonyl (C=O) groups excluding carboxylic acids is 1. The lowest BCUT2D eigenvalue weighted by Crippen LogP contribution is -2.03. The van der Waals surface area contributed by atoms with Crippen LogP contribution in [-0.2, 0) is 4.79 Å². The summed E-state index contributed by atoms with van der Waals surface area (Å²) in [5.74, 6) is 0.0969. The van der Waals surface area contributed by atoms with Gasteiger partial charge in [-0.25, -0.2) is 0 Å². The minimum absolute atomic E-state index is 0.0969. The summed E-state index contributed by atoms with van der Waals surface area (Å²) in [6.45, 7) is 0. The van der Waals surface area contributed by atoms with Gasteiger partial charge in [-0.3, -0.25) is 4.79 Å². The van der Waals surface area contributed by atoms with Gasteiger partial charge in [-0.2, -0.15) is 0 Å². The highest BCUT2D eigenvalue weighted by Crippen LogP contribution is 2.35. The summed E-state index contributed by atoms with van der Waals surface area (Å²) < 4.78 is 0. The lowest BCUT2D eigenvalue weighted by Gasteiger charge is -2.11. The van der Waals surface area contributed by atoms with Crippen LogP contribution in [0.3, 0.4) is 0 Å². The molecule has 0 atom stereocenters. The Kier molecular flexibility index (Phi) is 1.97. The molecular weight excluding hydrogens is 196 g/mol. The quantitative estimate of drug-likeness (QED) is 0.690. The monoisotopic (exact) mass is 206 g/mol. The first kappa shape index (κ1) is 9.10. The van der Waals surface area contributed by atoms with Crippen molar-refractivity contribution in [2.24, 2.45) is 0 Å². The van der Waals surface area contributed by atoms with Gasteiger partial charge in [-0.1, -0.05) is 48.6 Å². The maximum absolute atomic E-state index is 11.6. The van der Waals surface area contributed by atoms with Crippen molar-refractivity contribution in [1.82, 2.24) is 0 Å². The smallest absolute Gasteiger partial charge is 0.186 e. The van der Waals surface area contributed by atoms with Crippen LogP contribution in [0.25, 0.3) is 5.57 Å². The molecule has 1 heteroatoms. The van der Waals surface area contributed by atoms with E-state index in [-0.39, 0.29) is 5.78 Å². The average Bonchev–Trinajstić information content (AvgIpc) is 2.75. The van der Waals surface area contributed by atoms with Gasteiger partial charge in [0, 0.05) is 5.57 Å². The Hall–Kier alpha value is -2.15. The number of carbonyl (C=O) groups is 1. The lowest BCUT2D eigenvalue weighted by molar-refractivity contribution is -0.111. The first-order chi connectivity index (χ1) is 7.86. The fourth-order valence-electron chi connectivity index (χ4n) is 2.08. The number of rotatable bonds is 1. The van der Waals surface area contributed by atoms with Crippen molar-refractivity contribution in [2.75, 3.05) is 0 Å². The van der Waals surface area contributed by atoms with Crippen molar-refractivity contribution in [3.8, 4) is 0 Å². The zero-order valence-electron chi connectivity index (χ0n) is 8.68. The topological polar surface area (TPSA) is 17.1 Å². The molecule has 2 aliphatic rings. The number of hydrogen-bond donors (Lipinski definition) is 0. The second kappa shape index (κ2) is 3.46. The first-order valence-corrected chi connectivity index (χ1v) is 5.27. The van der Waals surface area contributed by atoms with Crippen molar-refractivity contribution in [3.05, 3.63) is 77.4 Å². The number of fused-ring (bicyclic) bond motifs is 1. The SMILES string of the molecule is O=C1C=CC=C2C1=CC=C2c1ccccc1. The second-order valence-corrected chi connectivity index (χ2v) is 3.83. The molecule has 0 aromatic heterocycles. The normalized spacial score (nSPS) is 17.8. The van der Waals surface area contributed by atoms with E-state index in [1.807, 2.05) is 42.5 Å². The molecule has 0 saturated heterocycles. The maximum Gasteiger partial charge on any atom is 0.186 e. The zero-order chi connectivity index (χ0) is 11.0. The van der Waals surface area contributed by atoms with Gasteiger partial charge >= 0.3 is 0 Å². The Balaban J connectivity index is 2.06. The van der Waals surface area contributed by atoms with Crippen LogP contribution < -0.4 is 0 Å². The van der Waals surface area contributed by atoms with Gasteiger partial charge in [-0.05, 0) is 28.9 Å². The highest BCUT2D eigenvalue weighted by molar-refractivity contribution is 6.15. The van der Waals surface area contributed by atoms with Crippen molar-refractivity contribution in [1.29, 1.82) is 0 Å². The second-order valence-electron chi connectivity index (χ2n) is 3.83. The summed E-state index contributed by atoms with van der Waals surface area (Å²) >= 11 is 0. The third-order valence-electron chi connectivity index (χ3n) is 2.86. The highest BCUT2D eigenvalue weighted by Gasteiger charge is 2.22. The van der Waals surface area contributed by atoms with Crippen molar-refractivity contribution < 1.29 is 4.79 Å². The largest absolute Gasteiger partial charge is 0.289 e. The van der Waals surface area contributed by atoms with E-state index in [4.69, 9.17) is 0 Å². The summed E-state index contributed by atoms with van der Waals surface area (Å²) in [7, 11) is 0. The number of allylic oxidation sites excluding steroid dienone is 8. The molecule has 0 unspecified atom stereocenters. The molecule has 1 aromatic carbocycles. The molecule has 16 heavy (non-hydrogen) atoms. The average molecular weight is 206 g/mol. The minimum atomic E-state index is 0.0969. The molecule has 0 N–H and O–H groups in total. The van der Waals surface area contributed by atoms with Gasteiger partial charge in [0.2, 0.25) is 0 Å². The summed E-state index contributed by atoms with van der Waals surface area (Å²) in [4.78, 5) is 11.6. The van der Waals surface area contributed by atoms with Crippen LogP contribution in [0.5, 0.6) is 0 Å². The van der Waals surface area contributed by atoms with Crippen molar-refractivity contribution >= 4 is 11.4 Å². The molecule has 0 fully saturated rings. The van der Waals surface area contributed by atoms with Gasteiger partial charge in [-0.15, -0.1) is 0 Å². The van der Waals surface area contributed by atoms with Gasteiger partial charge < -0.3 is 0 Å². The number of hydrogen-bond acceptors (Lipinski definition) is 1. The van der Waals surface area contributed by atoms with Gasteiger partial charge in [0.15, 0.2) is 5.78 Å². The fraction of sp³-hybridized carbons (Fsp3) is 0. The predicted molar refractivity (Wildman–Crippen MR) is 64.7 cm³/mol. The molecule has 3 rings (SSSR count). The Morgan fingerprint density at radius 3 is 2.31 bits per heavy atom. The fourth-order valence-corrected chi connectivity index (χ4v) is 2.08. The minimum Gasteiger partial charge on any atom is -0.289 e. The molecule has 0 bridgehead atoms. The number of ketones is 1. The third-order valence-corrected chi connectivity index (χ3v) is 2.86. The van der Waals surface area contributed by atoms with Crippen LogP contribution in [0.1, 0.15) is 5.56 Å². The van der Waals surface area contributed by atoms with E-state index in [2.05, 4.69) is 12.1 Å². The Morgan fingerprint density at radius 2 is 1.50 bits per heavy atom. The van der Waals surface area contributed by atoms with E-state index in [1.54, 1.807) is 6.08 Å². The highest BCUT2D eigenvalue weighted by atomic mass is 16.1. The molecule has 1 aromatic rings. The molecule has 0 radical (unpaired) electrons.